The minimum Gasteiger partial charge on any atom is -0.333 e. The molecule has 0 atom stereocenters. The minimum absolute atomic E-state index is 0.295. The highest BCUT2D eigenvalue weighted by atomic mass is 35.5. The Kier molecular flexibility index (Phi) is 4.38. The van der Waals surface area contributed by atoms with Crippen molar-refractivity contribution in [1.82, 2.24) is 14.7 Å². The van der Waals surface area contributed by atoms with Crippen LogP contribution in [0.1, 0.15) is 21.3 Å². The molecule has 8 heteroatoms. The van der Waals surface area contributed by atoms with Crippen LogP contribution >= 0.6 is 34.5 Å². The van der Waals surface area contributed by atoms with Crippen molar-refractivity contribution < 1.29 is 4.79 Å². The van der Waals surface area contributed by atoms with Gasteiger partial charge in [0.25, 0.3) is 0 Å². The maximum absolute atomic E-state index is 11.7. The van der Waals surface area contributed by atoms with E-state index in [-0.39, 0.29) is 6.03 Å². The van der Waals surface area contributed by atoms with Crippen LogP contribution in [0.3, 0.4) is 0 Å². The van der Waals surface area contributed by atoms with Crippen molar-refractivity contribution in [2.45, 2.75) is 27.3 Å². The first-order valence-corrected chi connectivity index (χ1v) is 7.53. The molecule has 0 aliphatic carbocycles. The molecule has 0 spiro atoms. The zero-order valence-corrected chi connectivity index (χ0v) is 13.1. The van der Waals surface area contributed by atoms with Crippen molar-refractivity contribution in [3.8, 4) is 0 Å². The number of thiazole rings is 1. The van der Waals surface area contributed by atoms with Crippen molar-refractivity contribution in [2.75, 3.05) is 5.32 Å². The number of nitrogens with one attached hydrogen (secondary N) is 2. The van der Waals surface area contributed by atoms with Crippen LogP contribution in [0.15, 0.2) is 0 Å². The summed E-state index contributed by atoms with van der Waals surface area (Å²) < 4.78 is 4.06. The van der Waals surface area contributed by atoms with E-state index in [0.717, 1.165) is 21.3 Å². The number of halogens is 1. The van der Waals surface area contributed by atoms with Crippen molar-refractivity contribution in [2.24, 2.45) is 0 Å². The fraction of sp³-hybridized carbons (Fsp3) is 0.364. The highest BCUT2D eigenvalue weighted by molar-refractivity contribution is 7.11. The van der Waals surface area contributed by atoms with E-state index in [1.165, 1.54) is 11.5 Å². The lowest BCUT2D eigenvalue weighted by Gasteiger charge is -2.05. The number of anilines is 1. The summed E-state index contributed by atoms with van der Waals surface area (Å²) >= 11 is 8.75. The standard InChI is InChI=1S/C11H13ClN4OS2/c1-5-8(18-7(3)14-5)4-13-11(17)15-10-9(12)6(2)16-19-10/h4H2,1-3H3,(H2,13,15,17). The van der Waals surface area contributed by atoms with Gasteiger partial charge in [-0.2, -0.15) is 4.37 Å². The number of carbonyl (C=O) groups excluding carboxylic acids is 1. The predicted octanol–water partition coefficient (Wildman–Crippen LogP) is 3.50. The second-order valence-electron chi connectivity index (χ2n) is 3.96. The summed E-state index contributed by atoms with van der Waals surface area (Å²) in [5.41, 5.74) is 1.67. The largest absolute Gasteiger partial charge is 0.333 e. The lowest BCUT2D eigenvalue weighted by molar-refractivity contribution is 0.252. The summed E-state index contributed by atoms with van der Waals surface area (Å²) in [6, 6.07) is -0.295. The maximum Gasteiger partial charge on any atom is 0.320 e. The number of aromatic nitrogens is 2. The van der Waals surface area contributed by atoms with E-state index in [1.807, 2.05) is 13.8 Å². The molecule has 0 saturated heterocycles. The SMILES string of the molecule is Cc1nc(C)c(CNC(=O)Nc2snc(C)c2Cl)s1. The number of rotatable bonds is 3. The first kappa shape index (κ1) is 14.2. The lowest BCUT2D eigenvalue weighted by Crippen LogP contribution is -2.27. The van der Waals surface area contributed by atoms with Crippen LogP contribution in [-0.2, 0) is 6.54 Å². The number of hydrogen-bond donors (Lipinski definition) is 2. The van der Waals surface area contributed by atoms with Gasteiger partial charge in [0.2, 0.25) is 0 Å². The van der Waals surface area contributed by atoms with Crippen molar-refractivity contribution in [3.05, 3.63) is 26.3 Å². The van der Waals surface area contributed by atoms with E-state index >= 15 is 0 Å². The predicted molar refractivity (Wildman–Crippen MR) is 79.3 cm³/mol. The van der Waals surface area contributed by atoms with Crippen LogP contribution in [0.4, 0.5) is 9.80 Å². The lowest BCUT2D eigenvalue weighted by atomic mass is 10.4. The van der Waals surface area contributed by atoms with Crippen LogP contribution in [-0.4, -0.2) is 15.4 Å². The Hall–Kier alpha value is -1.18. The van der Waals surface area contributed by atoms with E-state index in [2.05, 4.69) is 20.0 Å². The van der Waals surface area contributed by atoms with Crippen molar-refractivity contribution in [1.29, 1.82) is 0 Å². The van der Waals surface area contributed by atoms with E-state index < -0.39 is 0 Å². The molecule has 0 fully saturated rings. The summed E-state index contributed by atoms with van der Waals surface area (Å²) in [4.78, 5) is 17.1. The summed E-state index contributed by atoms with van der Waals surface area (Å²) in [7, 11) is 0. The molecular formula is C11H13ClN4OS2. The van der Waals surface area contributed by atoms with Gasteiger partial charge in [-0.05, 0) is 32.3 Å². The summed E-state index contributed by atoms with van der Waals surface area (Å²) in [6.45, 7) is 6.13. The second-order valence-corrected chi connectivity index (χ2v) is 6.40. The summed E-state index contributed by atoms with van der Waals surface area (Å²) in [5, 5.41) is 7.52. The molecule has 2 aromatic heterocycles. The quantitative estimate of drug-likeness (QED) is 0.910. The molecule has 19 heavy (non-hydrogen) atoms. The fourth-order valence-electron chi connectivity index (χ4n) is 1.48. The second kappa shape index (κ2) is 5.85. The third-order valence-corrected chi connectivity index (χ3v) is 4.93. The molecular weight excluding hydrogens is 304 g/mol. The van der Waals surface area contributed by atoms with Gasteiger partial charge in [0, 0.05) is 4.88 Å². The van der Waals surface area contributed by atoms with Gasteiger partial charge in [-0.1, -0.05) is 11.6 Å². The van der Waals surface area contributed by atoms with Gasteiger partial charge in [-0.3, -0.25) is 5.32 Å². The van der Waals surface area contributed by atoms with Gasteiger partial charge < -0.3 is 5.32 Å². The van der Waals surface area contributed by atoms with E-state index in [9.17, 15) is 4.79 Å². The van der Waals surface area contributed by atoms with E-state index in [0.29, 0.717) is 16.6 Å². The highest BCUT2D eigenvalue weighted by Crippen LogP contribution is 2.29. The average Bonchev–Trinajstić information content (AvgIpc) is 2.83. The van der Waals surface area contributed by atoms with Crippen LogP contribution in [0.2, 0.25) is 5.02 Å². The number of urea groups is 1. The molecule has 0 unspecified atom stereocenters. The molecule has 2 amide bonds. The third kappa shape index (κ3) is 3.43. The number of nitrogens with zero attached hydrogens (tertiary/aromatic N) is 2. The third-order valence-electron chi connectivity index (χ3n) is 2.43. The van der Waals surface area contributed by atoms with E-state index in [4.69, 9.17) is 11.6 Å². The summed E-state index contributed by atoms with van der Waals surface area (Å²) in [5.74, 6) is 0. The Labute approximate surface area is 124 Å². The smallest absolute Gasteiger partial charge is 0.320 e. The molecule has 0 radical (unpaired) electrons. The van der Waals surface area contributed by atoms with E-state index in [1.54, 1.807) is 18.3 Å². The molecule has 2 N–H and O–H groups in total. The zero-order valence-electron chi connectivity index (χ0n) is 10.7. The first-order valence-electron chi connectivity index (χ1n) is 5.57. The van der Waals surface area contributed by atoms with Crippen LogP contribution < -0.4 is 10.6 Å². The van der Waals surface area contributed by atoms with Gasteiger partial charge in [-0.15, -0.1) is 11.3 Å². The van der Waals surface area contributed by atoms with Crippen molar-refractivity contribution >= 4 is 45.5 Å². The minimum atomic E-state index is -0.295. The molecule has 2 heterocycles. The Morgan fingerprint density at radius 1 is 1.32 bits per heavy atom. The number of aryl methyl sites for hydroxylation is 3. The van der Waals surface area contributed by atoms with Gasteiger partial charge >= 0.3 is 6.03 Å². The Morgan fingerprint density at radius 2 is 2.05 bits per heavy atom. The maximum atomic E-state index is 11.7. The molecule has 102 valence electrons. The molecule has 2 aromatic rings. The summed E-state index contributed by atoms with van der Waals surface area (Å²) in [6.07, 6.45) is 0. The molecule has 5 nitrogen and oxygen atoms in total. The fourth-order valence-corrected chi connectivity index (χ4v) is 3.29. The van der Waals surface area contributed by atoms with Crippen LogP contribution in [0.5, 0.6) is 0 Å². The molecule has 2 rings (SSSR count). The monoisotopic (exact) mass is 316 g/mol. The van der Waals surface area contributed by atoms with Crippen molar-refractivity contribution in [3.63, 3.8) is 0 Å². The van der Waals surface area contributed by atoms with Gasteiger partial charge in [0.15, 0.2) is 0 Å². The zero-order chi connectivity index (χ0) is 14.0. The van der Waals surface area contributed by atoms with Gasteiger partial charge in [-0.25, -0.2) is 9.78 Å². The molecule has 0 aromatic carbocycles. The molecule has 0 aliphatic rings. The number of hydrogen-bond acceptors (Lipinski definition) is 5. The molecule has 0 saturated carbocycles. The Morgan fingerprint density at radius 3 is 2.58 bits per heavy atom. The first-order chi connectivity index (χ1) is 8.97. The normalized spacial score (nSPS) is 10.5. The number of amides is 2. The Balaban J connectivity index is 1.92. The van der Waals surface area contributed by atoms with Gasteiger partial charge in [0.1, 0.15) is 5.00 Å². The molecule has 0 aliphatic heterocycles. The molecule has 0 bridgehead atoms. The van der Waals surface area contributed by atoms with Crippen LogP contribution in [0, 0.1) is 20.8 Å². The van der Waals surface area contributed by atoms with Crippen LogP contribution in [0.25, 0.3) is 0 Å². The highest BCUT2D eigenvalue weighted by Gasteiger charge is 2.12. The number of carbonyl (C=O) groups is 1. The average molecular weight is 317 g/mol. The van der Waals surface area contributed by atoms with Gasteiger partial charge in [0.05, 0.1) is 28.0 Å². The Bertz CT molecular complexity index is 608. The topological polar surface area (TPSA) is 66.9 Å².